The lowest BCUT2D eigenvalue weighted by Crippen LogP contribution is -2.46. The molecule has 0 aromatic heterocycles. The highest BCUT2D eigenvalue weighted by Gasteiger charge is 2.32. The van der Waals surface area contributed by atoms with Crippen LogP contribution >= 0.6 is 0 Å². The quantitative estimate of drug-likeness (QED) is 0.236. The molecule has 12 heteroatoms. The molecule has 0 aliphatic heterocycles. The zero-order chi connectivity index (χ0) is 28.3. The van der Waals surface area contributed by atoms with Gasteiger partial charge in [-0.2, -0.15) is 0 Å². The maximum atomic E-state index is 12.7. The van der Waals surface area contributed by atoms with E-state index in [-0.39, 0.29) is 25.0 Å². The van der Waals surface area contributed by atoms with Gasteiger partial charge >= 0.3 is 11.9 Å². The second-order valence-corrected chi connectivity index (χ2v) is 15.1. The van der Waals surface area contributed by atoms with Gasteiger partial charge in [0.2, 0.25) is 20.0 Å². The van der Waals surface area contributed by atoms with Crippen LogP contribution in [0.3, 0.4) is 0 Å². The lowest BCUT2D eigenvalue weighted by atomic mass is 10.0. The SMILES string of the molecule is CC(C)[C@@H](COC(=O)/C=C/C(=O)OC[C@@H](NS(=O)(=O)C1CCCCC1)C(C)C)NS(=O)(=O)C1CCCCC1. The molecular formula is C26H46N2O8S2. The van der Waals surface area contributed by atoms with E-state index in [9.17, 15) is 26.4 Å². The Morgan fingerprint density at radius 3 is 1.26 bits per heavy atom. The van der Waals surface area contributed by atoms with Crippen molar-refractivity contribution in [2.75, 3.05) is 13.2 Å². The van der Waals surface area contributed by atoms with Crippen molar-refractivity contribution in [3.8, 4) is 0 Å². The van der Waals surface area contributed by atoms with E-state index >= 15 is 0 Å². The van der Waals surface area contributed by atoms with Crippen LogP contribution in [0.15, 0.2) is 12.2 Å². The topological polar surface area (TPSA) is 145 Å². The van der Waals surface area contributed by atoms with Crippen LogP contribution in [0.4, 0.5) is 0 Å². The van der Waals surface area contributed by atoms with Crippen molar-refractivity contribution in [2.45, 2.75) is 114 Å². The van der Waals surface area contributed by atoms with E-state index in [1.807, 2.05) is 27.7 Å². The monoisotopic (exact) mass is 578 g/mol. The van der Waals surface area contributed by atoms with Gasteiger partial charge in [0.05, 0.1) is 22.6 Å². The summed E-state index contributed by atoms with van der Waals surface area (Å²) in [6, 6.07) is -1.18. The number of carbonyl (C=O) groups is 2. The van der Waals surface area contributed by atoms with Crippen LogP contribution in [0.25, 0.3) is 0 Å². The Hall–Kier alpha value is -1.50. The average molecular weight is 579 g/mol. The summed E-state index contributed by atoms with van der Waals surface area (Å²) in [4.78, 5) is 24.3. The molecule has 0 amide bonds. The highest BCUT2D eigenvalue weighted by molar-refractivity contribution is 7.90. The van der Waals surface area contributed by atoms with Gasteiger partial charge in [-0.25, -0.2) is 35.9 Å². The van der Waals surface area contributed by atoms with E-state index in [2.05, 4.69) is 9.44 Å². The molecule has 2 aliphatic rings. The minimum atomic E-state index is -3.53. The van der Waals surface area contributed by atoms with Gasteiger partial charge < -0.3 is 9.47 Å². The number of ether oxygens (including phenoxy) is 2. The van der Waals surface area contributed by atoms with Crippen LogP contribution in [0.1, 0.15) is 91.9 Å². The van der Waals surface area contributed by atoms with Crippen LogP contribution in [0.2, 0.25) is 0 Å². The van der Waals surface area contributed by atoms with Crippen molar-refractivity contribution in [3.63, 3.8) is 0 Å². The maximum absolute atomic E-state index is 12.7. The molecule has 0 radical (unpaired) electrons. The standard InChI is InChI=1S/C26H46N2O8S2/c1-19(2)23(27-37(31,32)21-11-7-5-8-12-21)17-35-25(29)15-16-26(30)36-18-24(20(3)4)28-38(33,34)22-13-9-6-10-14-22/h15-16,19-24,27-28H,5-14,17-18H2,1-4H3/b16-15+/t23-,24-/m1/s1. The van der Waals surface area contributed by atoms with Gasteiger partial charge in [0.1, 0.15) is 13.2 Å². The fourth-order valence-corrected chi connectivity index (χ4v) is 8.48. The van der Waals surface area contributed by atoms with Gasteiger partial charge in [0.15, 0.2) is 0 Å². The summed E-state index contributed by atoms with van der Waals surface area (Å²) in [5.74, 6) is -1.83. The van der Waals surface area contributed by atoms with Gasteiger partial charge in [0, 0.05) is 12.2 Å². The largest absolute Gasteiger partial charge is 0.461 e. The Bertz CT molecular complexity index is 916. The van der Waals surface area contributed by atoms with Gasteiger partial charge in [-0.3, -0.25) is 0 Å². The minimum Gasteiger partial charge on any atom is -0.461 e. The third-order valence-electron chi connectivity index (χ3n) is 7.39. The molecular weight excluding hydrogens is 532 g/mol. The summed E-state index contributed by atoms with van der Waals surface area (Å²) in [5.41, 5.74) is 0. The van der Waals surface area contributed by atoms with Crippen molar-refractivity contribution in [1.29, 1.82) is 0 Å². The van der Waals surface area contributed by atoms with E-state index in [0.29, 0.717) is 25.7 Å². The van der Waals surface area contributed by atoms with Crippen LogP contribution in [0, 0.1) is 11.8 Å². The summed E-state index contributed by atoms with van der Waals surface area (Å²) in [6.07, 6.45) is 9.99. The van der Waals surface area contributed by atoms with Crippen LogP contribution in [-0.2, 0) is 39.1 Å². The molecule has 0 aromatic carbocycles. The van der Waals surface area contributed by atoms with Crippen LogP contribution < -0.4 is 9.44 Å². The first-order chi connectivity index (χ1) is 17.8. The van der Waals surface area contributed by atoms with Crippen molar-refractivity contribution >= 4 is 32.0 Å². The lowest BCUT2D eigenvalue weighted by Gasteiger charge is -2.27. The number of esters is 2. The number of rotatable bonds is 14. The molecule has 2 fully saturated rings. The van der Waals surface area contributed by atoms with E-state index in [0.717, 1.165) is 50.7 Å². The molecule has 0 heterocycles. The zero-order valence-electron chi connectivity index (χ0n) is 23.2. The third kappa shape index (κ3) is 10.9. The first-order valence-electron chi connectivity index (χ1n) is 13.9. The van der Waals surface area contributed by atoms with Crippen LogP contribution in [0.5, 0.6) is 0 Å². The van der Waals surface area contributed by atoms with E-state index < -0.39 is 54.6 Å². The molecule has 0 aromatic rings. The number of hydrogen-bond donors (Lipinski definition) is 2. The molecule has 2 aliphatic carbocycles. The molecule has 10 nitrogen and oxygen atoms in total. The van der Waals surface area contributed by atoms with Gasteiger partial charge in [-0.1, -0.05) is 66.2 Å². The molecule has 220 valence electrons. The fourth-order valence-electron chi connectivity index (χ4n) is 4.67. The van der Waals surface area contributed by atoms with E-state index in [1.54, 1.807) is 0 Å². The molecule has 0 saturated heterocycles. The molecule has 2 N–H and O–H groups in total. The Morgan fingerprint density at radius 2 is 0.974 bits per heavy atom. The average Bonchev–Trinajstić information content (AvgIpc) is 2.88. The highest BCUT2D eigenvalue weighted by atomic mass is 32.2. The minimum absolute atomic E-state index is 0.111. The predicted molar refractivity (Wildman–Crippen MR) is 146 cm³/mol. The van der Waals surface area contributed by atoms with E-state index in [4.69, 9.17) is 9.47 Å². The Balaban J connectivity index is 1.82. The maximum Gasteiger partial charge on any atom is 0.331 e. The molecule has 2 atom stereocenters. The first kappa shape index (κ1) is 32.7. The molecule has 0 bridgehead atoms. The number of nitrogens with one attached hydrogen (secondary N) is 2. The summed E-state index contributed by atoms with van der Waals surface area (Å²) in [7, 11) is -7.05. The lowest BCUT2D eigenvalue weighted by molar-refractivity contribution is -0.141. The second kappa shape index (κ2) is 15.3. The van der Waals surface area contributed by atoms with Crippen LogP contribution in [-0.4, -0.2) is 64.6 Å². The van der Waals surface area contributed by atoms with Crippen molar-refractivity contribution in [3.05, 3.63) is 12.2 Å². The van der Waals surface area contributed by atoms with Crippen molar-refractivity contribution < 1.29 is 35.9 Å². The fraction of sp³-hybridized carbons (Fsp3) is 0.846. The Kier molecular flexibility index (Phi) is 13.2. The summed E-state index contributed by atoms with van der Waals surface area (Å²) in [5, 5.41) is -0.852. The molecule has 0 spiro atoms. The first-order valence-corrected chi connectivity index (χ1v) is 16.9. The smallest absolute Gasteiger partial charge is 0.331 e. The second-order valence-electron chi connectivity index (χ2n) is 11.1. The molecule has 0 unspecified atom stereocenters. The van der Waals surface area contributed by atoms with Gasteiger partial charge in [-0.05, 0) is 37.5 Å². The zero-order valence-corrected chi connectivity index (χ0v) is 24.8. The molecule has 2 saturated carbocycles. The highest BCUT2D eigenvalue weighted by Crippen LogP contribution is 2.25. The predicted octanol–water partition coefficient (Wildman–Crippen LogP) is 3.18. The van der Waals surface area contributed by atoms with E-state index in [1.165, 1.54) is 0 Å². The normalized spacial score (nSPS) is 20.1. The van der Waals surface area contributed by atoms with Crippen molar-refractivity contribution in [1.82, 2.24) is 9.44 Å². The summed E-state index contributed by atoms with van der Waals surface area (Å²) in [6.45, 7) is 7.01. The van der Waals surface area contributed by atoms with Crippen molar-refractivity contribution in [2.24, 2.45) is 11.8 Å². The van der Waals surface area contributed by atoms with Gasteiger partial charge in [-0.15, -0.1) is 0 Å². The number of hydrogen-bond acceptors (Lipinski definition) is 8. The number of sulfonamides is 2. The Labute approximate surface area is 228 Å². The summed E-state index contributed by atoms with van der Waals surface area (Å²) < 4.78 is 66.7. The van der Waals surface area contributed by atoms with Gasteiger partial charge in [0.25, 0.3) is 0 Å². The molecule has 2 rings (SSSR count). The Morgan fingerprint density at radius 1 is 0.658 bits per heavy atom. The third-order valence-corrected chi connectivity index (χ3v) is 11.3. The number of carbonyl (C=O) groups excluding carboxylic acids is 2. The summed E-state index contributed by atoms with van der Waals surface area (Å²) >= 11 is 0. The molecule has 38 heavy (non-hydrogen) atoms.